The lowest BCUT2D eigenvalue weighted by Gasteiger charge is -2.11. The Kier molecular flexibility index (Phi) is 3.26. The Balaban J connectivity index is 2.78. The molecule has 1 aliphatic rings. The summed E-state index contributed by atoms with van der Waals surface area (Å²) in [5.41, 5.74) is 0. The highest BCUT2D eigenvalue weighted by molar-refractivity contribution is 5.82. The molecule has 68 valence electrons. The van der Waals surface area contributed by atoms with Crippen molar-refractivity contribution in [2.75, 3.05) is 13.2 Å². The van der Waals surface area contributed by atoms with E-state index in [-0.39, 0.29) is 5.91 Å². The fourth-order valence-electron chi connectivity index (χ4n) is 1.47. The highest BCUT2D eigenvalue weighted by atomic mass is 16.5. The van der Waals surface area contributed by atoms with Crippen LogP contribution in [0.25, 0.3) is 0 Å². The molecule has 0 saturated carbocycles. The van der Waals surface area contributed by atoms with Crippen LogP contribution in [-0.2, 0) is 9.53 Å². The summed E-state index contributed by atoms with van der Waals surface area (Å²) in [5, 5.41) is 0. The number of carbonyl (C=O) groups is 1. The normalized spacial score (nSPS) is 18.3. The Labute approximate surface area is 73.0 Å². The minimum atomic E-state index is 0.201. The smallest absolute Gasteiger partial charge is 0.389 e. The first kappa shape index (κ1) is 9.23. The van der Waals surface area contributed by atoms with Crippen molar-refractivity contribution >= 4 is 11.8 Å². The Bertz CT molecular complexity index is 209. The molecule has 1 amide bonds. The van der Waals surface area contributed by atoms with Gasteiger partial charge in [-0.05, 0) is 20.3 Å². The molecule has 0 aliphatic carbocycles. The largest absolute Gasteiger partial charge is 0.448 e. The summed E-state index contributed by atoms with van der Waals surface area (Å²) in [5.74, 6) is 1.06. The van der Waals surface area contributed by atoms with E-state index in [2.05, 4.69) is 0 Å². The maximum absolute atomic E-state index is 11.3. The van der Waals surface area contributed by atoms with Crippen LogP contribution in [0, 0.1) is 0 Å². The maximum atomic E-state index is 11.3. The summed E-state index contributed by atoms with van der Waals surface area (Å²) in [7, 11) is 0. The Morgan fingerprint density at radius 3 is 2.75 bits per heavy atom. The van der Waals surface area contributed by atoms with Crippen molar-refractivity contribution in [3.8, 4) is 0 Å². The van der Waals surface area contributed by atoms with Crippen LogP contribution in [-0.4, -0.2) is 29.5 Å². The van der Waals surface area contributed by atoms with E-state index in [4.69, 9.17) is 4.74 Å². The van der Waals surface area contributed by atoms with Crippen molar-refractivity contribution in [1.82, 2.24) is 0 Å². The molecular weight excluding hydrogens is 154 g/mol. The molecule has 0 saturated heterocycles. The monoisotopic (exact) mass is 170 g/mol. The molecule has 0 aromatic heterocycles. The first-order chi connectivity index (χ1) is 5.79. The third-order valence-corrected chi connectivity index (χ3v) is 2.01. The van der Waals surface area contributed by atoms with Gasteiger partial charge in [-0.25, -0.2) is 4.79 Å². The van der Waals surface area contributed by atoms with Gasteiger partial charge in [-0.2, -0.15) is 0 Å². The fraction of sp³-hybridized carbons (Fsp3) is 0.778. The fourth-order valence-corrected chi connectivity index (χ4v) is 1.47. The molecule has 0 unspecified atom stereocenters. The van der Waals surface area contributed by atoms with Gasteiger partial charge in [0.05, 0.1) is 19.4 Å². The first-order valence-corrected chi connectivity index (χ1v) is 4.58. The lowest BCUT2D eigenvalue weighted by Crippen LogP contribution is -2.33. The number of amides is 1. The van der Waals surface area contributed by atoms with Crippen molar-refractivity contribution in [2.45, 2.75) is 33.1 Å². The highest BCUT2D eigenvalue weighted by Crippen LogP contribution is 2.08. The number of rotatable bonds is 2. The number of carbonyl (C=O) groups excluding carboxylic acids is 1. The quantitative estimate of drug-likeness (QED) is 0.582. The second-order valence-electron chi connectivity index (χ2n) is 2.82. The summed E-state index contributed by atoms with van der Waals surface area (Å²) in [4.78, 5) is 11.3. The van der Waals surface area contributed by atoms with Crippen LogP contribution in [0.15, 0.2) is 0 Å². The molecule has 0 aromatic carbocycles. The van der Waals surface area contributed by atoms with Crippen molar-refractivity contribution in [1.29, 1.82) is 0 Å². The van der Waals surface area contributed by atoms with E-state index in [1.165, 1.54) is 0 Å². The van der Waals surface area contributed by atoms with Crippen LogP contribution in [0.2, 0.25) is 0 Å². The zero-order valence-corrected chi connectivity index (χ0v) is 7.80. The molecule has 0 aromatic rings. The third-order valence-electron chi connectivity index (χ3n) is 2.01. The van der Waals surface area contributed by atoms with E-state index in [9.17, 15) is 4.79 Å². The van der Waals surface area contributed by atoms with E-state index < -0.39 is 0 Å². The molecule has 1 rings (SSSR count). The molecular formula is C9H16NO2+. The van der Waals surface area contributed by atoms with Crippen molar-refractivity contribution in [3.63, 3.8) is 0 Å². The average molecular weight is 170 g/mol. The van der Waals surface area contributed by atoms with Crippen LogP contribution in [0.3, 0.4) is 0 Å². The molecule has 0 spiro atoms. The number of hydrogen-bond donors (Lipinski definition) is 0. The van der Waals surface area contributed by atoms with Gasteiger partial charge in [0.15, 0.2) is 6.54 Å². The average Bonchev–Trinajstić information content (AvgIpc) is 2.05. The van der Waals surface area contributed by atoms with Crippen LogP contribution < -0.4 is 0 Å². The standard InChI is InChI=1S/C9H16NO2/c1-3-10-8(11)6-5-7-9(10)12-4-2/h3-7H2,1-2H3/q+1. The summed E-state index contributed by atoms with van der Waals surface area (Å²) in [6.45, 7) is 5.30. The SMILES string of the molecule is CCOC1=[N+](CC)C(=O)CCC1. The second-order valence-corrected chi connectivity index (χ2v) is 2.82. The van der Waals surface area contributed by atoms with Gasteiger partial charge in [-0.1, -0.05) is 0 Å². The second kappa shape index (κ2) is 4.24. The first-order valence-electron chi connectivity index (χ1n) is 4.58. The van der Waals surface area contributed by atoms with Crippen LogP contribution in [0.4, 0.5) is 0 Å². The Hall–Kier alpha value is -0.860. The number of hydrogen-bond acceptors (Lipinski definition) is 2. The van der Waals surface area contributed by atoms with Gasteiger partial charge < -0.3 is 4.74 Å². The number of nitrogens with zero attached hydrogens (tertiary/aromatic N) is 1. The molecule has 12 heavy (non-hydrogen) atoms. The summed E-state index contributed by atoms with van der Waals surface area (Å²) in [6.07, 6.45) is 2.52. The van der Waals surface area contributed by atoms with Gasteiger partial charge in [-0.15, -0.1) is 4.58 Å². The predicted molar refractivity (Wildman–Crippen MR) is 46.3 cm³/mol. The molecule has 0 atom stereocenters. The van der Waals surface area contributed by atoms with Crippen molar-refractivity contribution in [3.05, 3.63) is 0 Å². The lowest BCUT2D eigenvalue weighted by molar-refractivity contribution is -0.459. The molecule has 1 heterocycles. The molecule has 3 nitrogen and oxygen atoms in total. The minimum absolute atomic E-state index is 0.201. The molecule has 3 heteroatoms. The molecule has 0 radical (unpaired) electrons. The molecule has 1 aliphatic heterocycles. The minimum Gasteiger partial charge on any atom is -0.448 e. The van der Waals surface area contributed by atoms with Gasteiger partial charge in [0.25, 0.3) is 0 Å². The topological polar surface area (TPSA) is 29.3 Å². The van der Waals surface area contributed by atoms with Crippen molar-refractivity contribution < 1.29 is 14.1 Å². The third kappa shape index (κ3) is 1.84. The summed E-state index contributed by atoms with van der Waals surface area (Å²) >= 11 is 0. The highest BCUT2D eigenvalue weighted by Gasteiger charge is 2.27. The van der Waals surface area contributed by atoms with E-state index in [0.717, 1.165) is 25.3 Å². The lowest BCUT2D eigenvalue weighted by atomic mass is 10.1. The molecule has 0 fully saturated rings. The van der Waals surface area contributed by atoms with Gasteiger partial charge in [0.1, 0.15) is 0 Å². The van der Waals surface area contributed by atoms with E-state index >= 15 is 0 Å². The zero-order valence-electron chi connectivity index (χ0n) is 7.80. The van der Waals surface area contributed by atoms with Gasteiger partial charge in [0, 0.05) is 0 Å². The van der Waals surface area contributed by atoms with Gasteiger partial charge in [-0.3, -0.25) is 0 Å². The van der Waals surface area contributed by atoms with Gasteiger partial charge >= 0.3 is 11.8 Å². The molecule has 0 N–H and O–H groups in total. The maximum Gasteiger partial charge on any atom is 0.389 e. The van der Waals surface area contributed by atoms with E-state index in [1.807, 2.05) is 13.8 Å². The summed E-state index contributed by atoms with van der Waals surface area (Å²) < 4.78 is 7.12. The van der Waals surface area contributed by atoms with Gasteiger partial charge in [0.2, 0.25) is 0 Å². The van der Waals surface area contributed by atoms with E-state index in [1.54, 1.807) is 4.58 Å². The van der Waals surface area contributed by atoms with Crippen LogP contribution in [0.1, 0.15) is 33.1 Å². The zero-order chi connectivity index (χ0) is 8.97. The van der Waals surface area contributed by atoms with Crippen LogP contribution >= 0.6 is 0 Å². The number of ether oxygens (including phenoxy) is 1. The summed E-state index contributed by atoms with van der Waals surface area (Å²) in [6, 6.07) is 0. The molecule has 0 bridgehead atoms. The van der Waals surface area contributed by atoms with E-state index in [0.29, 0.717) is 13.0 Å². The van der Waals surface area contributed by atoms with Crippen molar-refractivity contribution in [2.24, 2.45) is 0 Å². The predicted octanol–water partition coefficient (Wildman–Crippen LogP) is 1.16. The Morgan fingerprint density at radius 2 is 2.17 bits per heavy atom. The Morgan fingerprint density at radius 1 is 1.42 bits per heavy atom. The van der Waals surface area contributed by atoms with Crippen LogP contribution in [0.5, 0.6) is 0 Å².